The molecule has 2 aromatic rings. The van der Waals surface area contributed by atoms with E-state index in [2.05, 4.69) is 30.1 Å². The van der Waals surface area contributed by atoms with Crippen LogP contribution in [-0.4, -0.2) is 44.5 Å². The van der Waals surface area contributed by atoms with Crippen LogP contribution in [0.15, 0.2) is 36.4 Å². The van der Waals surface area contributed by atoms with Crippen molar-refractivity contribution in [3.05, 3.63) is 47.8 Å². The summed E-state index contributed by atoms with van der Waals surface area (Å²) in [7, 11) is 1.55. The Bertz CT molecular complexity index is 926. The Kier molecular flexibility index (Phi) is 5.08. The second-order valence-corrected chi connectivity index (χ2v) is 7.79. The Morgan fingerprint density at radius 2 is 1.86 bits per heavy atom. The number of amides is 1. The van der Waals surface area contributed by atoms with E-state index >= 15 is 0 Å². The van der Waals surface area contributed by atoms with Gasteiger partial charge in [0.2, 0.25) is 6.23 Å². The molecule has 0 aliphatic carbocycles. The zero-order chi connectivity index (χ0) is 20.7. The van der Waals surface area contributed by atoms with Gasteiger partial charge in [-0.15, -0.1) is 0 Å². The van der Waals surface area contributed by atoms with Crippen LogP contribution in [0, 0.1) is 12.7 Å². The van der Waals surface area contributed by atoms with Crippen molar-refractivity contribution in [3.63, 3.8) is 0 Å². The number of aryl methyl sites for hydroxylation is 1. The summed E-state index contributed by atoms with van der Waals surface area (Å²) in [4.78, 5) is 16.3. The first-order valence-electron chi connectivity index (χ1n) is 9.84. The molecule has 0 radical (unpaired) electrons. The maximum absolute atomic E-state index is 14.1. The Hall–Kier alpha value is -2.80. The molecule has 1 fully saturated rings. The van der Waals surface area contributed by atoms with Gasteiger partial charge in [0.15, 0.2) is 5.82 Å². The molecule has 2 aliphatic heterocycles. The number of para-hydroxylation sites is 1. The van der Waals surface area contributed by atoms with Gasteiger partial charge in [-0.2, -0.15) is 0 Å². The smallest absolute Gasteiger partial charge is 0.289 e. The Balaban J connectivity index is 1.53. The van der Waals surface area contributed by atoms with Crippen LogP contribution in [0.4, 0.5) is 21.5 Å². The van der Waals surface area contributed by atoms with E-state index in [4.69, 9.17) is 9.47 Å². The van der Waals surface area contributed by atoms with Crippen LogP contribution in [0.2, 0.25) is 0 Å². The number of ether oxygens (including phenoxy) is 2. The van der Waals surface area contributed by atoms with Crippen molar-refractivity contribution in [1.82, 2.24) is 0 Å². The van der Waals surface area contributed by atoms with Gasteiger partial charge in [-0.25, -0.2) is 4.39 Å². The molecular weight excluding hydrogens is 373 g/mol. The molecule has 7 heteroatoms. The van der Waals surface area contributed by atoms with E-state index in [1.54, 1.807) is 19.2 Å². The van der Waals surface area contributed by atoms with Crippen LogP contribution in [0.25, 0.3) is 0 Å². The molecule has 0 saturated carbocycles. The van der Waals surface area contributed by atoms with Crippen molar-refractivity contribution < 1.29 is 18.7 Å². The molecule has 4 rings (SSSR count). The molecule has 1 saturated heterocycles. The number of hydrogen-bond acceptors (Lipinski definition) is 5. The fourth-order valence-corrected chi connectivity index (χ4v) is 4.01. The predicted octanol–water partition coefficient (Wildman–Crippen LogP) is 3.54. The molecule has 3 atom stereocenters. The normalized spacial score (nSPS) is 24.2. The minimum Gasteiger partial charge on any atom is -0.459 e. The second-order valence-electron chi connectivity index (χ2n) is 7.79. The maximum Gasteiger partial charge on any atom is 0.289 e. The lowest BCUT2D eigenvalue weighted by atomic mass is 10.1. The SMILES string of the molecule is Cc1cc(N2CC(C)OC(C)C2)ccc1NC1Oc2cccc(F)c2N(C)C1=O. The lowest BCUT2D eigenvalue weighted by Crippen LogP contribution is -2.48. The molecule has 0 aromatic heterocycles. The van der Waals surface area contributed by atoms with E-state index in [1.807, 2.05) is 19.1 Å². The molecule has 154 valence electrons. The maximum atomic E-state index is 14.1. The molecule has 6 nitrogen and oxygen atoms in total. The number of carbonyl (C=O) groups is 1. The van der Waals surface area contributed by atoms with Crippen LogP contribution in [0.1, 0.15) is 19.4 Å². The van der Waals surface area contributed by atoms with Gasteiger partial charge in [0.1, 0.15) is 11.4 Å². The Morgan fingerprint density at radius 3 is 2.55 bits per heavy atom. The quantitative estimate of drug-likeness (QED) is 0.856. The number of morpholine rings is 1. The van der Waals surface area contributed by atoms with Gasteiger partial charge < -0.3 is 24.6 Å². The van der Waals surface area contributed by atoms with Gasteiger partial charge in [-0.3, -0.25) is 4.79 Å². The molecule has 2 aliphatic rings. The Morgan fingerprint density at radius 1 is 1.14 bits per heavy atom. The van der Waals surface area contributed by atoms with Gasteiger partial charge in [-0.05, 0) is 56.7 Å². The van der Waals surface area contributed by atoms with E-state index in [9.17, 15) is 9.18 Å². The van der Waals surface area contributed by atoms with E-state index < -0.39 is 12.0 Å². The van der Waals surface area contributed by atoms with E-state index in [0.29, 0.717) is 5.75 Å². The summed E-state index contributed by atoms with van der Waals surface area (Å²) in [6.45, 7) is 7.83. The molecule has 3 unspecified atom stereocenters. The number of rotatable bonds is 3. The fraction of sp³-hybridized carbons (Fsp3) is 0.409. The number of benzene rings is 2. The summed E-state index contributed by atoms with van der Waals surface area (Å²) in [5.41, 5.74) is 3.08. The first-order valence-corrected chi connectivity index (χ1v) is 9.84. The Labute approximate surface area is 170 Å². The van der Waals surface area contributed by atoms with Gasteiger partial charge in [0.05, 0.1) is 12.2 Å². The monoisotopic (exact) mass is 399 g/mol. The number of likely N-dealkylation sites (N-methyl/N-ethyl adjacent to an activating group) is 1. The zero-order valence-corrected chi connectivity index (χ0v) is 17.1. The van der Waals surface area contributed by atoms with Crippen molar-refractivity contribution in [3.8, 4) is 5.75 Å². The van der Waals surface area contributed by atoms with Crippen LogP contribution in [0.3, 0.4) is 0 Å². The minimum atomic E-state index is -0.915. The van der Waals surface area contributed by atoms with Crippen molar-refractivity contribution in [2.45, 2.75) is 39.2 Å². The summed E-state index contributed by atoms with van der Waals surface area (Å²) in [5, 5.41) is 3.16. The number of nitrogens with zero attached hydrogens (tertiary/aromatic N) is 2. The number of fused-ring (bicyclic) bond motifs is 1. The topological polar surface area (TPSA) is 54.0 Å². The average molecular weight is 399 g/mol. The summed E-state index contributed by atoms with van der Waals surface area (Å²) in [6.07, 6.45) is -0.551. The van der Waals surface area contributed by atoms with E-state index in [-0.39, 0.29) is 23.8 Å². The van der Waals surface area contributed by atoms with Crippen molar-refractivity contribution in [2.75, 3.05) is 35.3 Å². The number of nitrogens with one attached hydrogen (secondary N) is 1. The van der Waals surface area contributed by atoms with E-state index in [1.165, 1.54) is 11.0 Å². The van der Waals surface area contributed by atoms with E-state index in [0.717, 1.165) is 30.0 Å². The molecule has 2 heterocycles. The van der Waals surface area contributed by atoms with Crippen molar-refractivity contribution in [1.29, 1.82) is 0 Å². The highest BCUT2D eigenvalue weighted by atomic mass is 19.1. The summed E-state index contributed by atoms with van der Waals surface area (Å²) >= 11 is 0. The highest BCUT2D eigenvalue weighted by Gasteiger charge is 2.34. The fourth-order valence-electron chi connectivity index (χ4n) is 4.01. The number of hydrogen-bond donors (Lipinski definition) is 1. The summed E-state index contributed by atoms with van der Waals surface area (Å²) in [5.74, 6) is -0.483. The summed E-state index contributed by atoms with van der Waals surface area (Å²) < 4.78 is 25.7. The number of carbonyl (C=O) groups excluding carboxylic acids is 1. The van der Waals surface area contributed by atoms with Gasteiger partial charge in [-0.1, -0.05) is 6.07 Å². The van der Waals surface area contributed by atoms with Crippen LogP contribution in [0.5, 0.6) is 5.75 Å². The highest BCUT2D eigenvalue weighted by molar-refractivity contribution is 6.00. The van der Waals surface area contributed by atoms with Crippen LogP contribution < -0.4 is 19.9 Å². The van der Waals surface area contributed by atoms with Crippen LogP contribution in [-0.2, 0) is 9.53 Å². The standard InChI is InChI=1S/C22H26FN3O3/c1-13-10-16(26-11-14(2)28-15(3)12-26)8-9-18(13)24-21-22(27)25(4)20-17(23)6-5-7-19(20)29-21/h5-10,14-15,21,24H,11-12H2,1-4H3. The molecule has 1 N–H and O–H groups in total. The van der Waals surface area contributed by atoms with Crippen LogP contribution >= 0.6 is 0 Å². The van der Waals surface area contributed by atoms with Crippen molar-refractivity contribution >= 4 is 23.0 Å². The predicted molar refractivity (Wildman–Crippen MR) is 111 cm³/mol. The second kappa shape index (κ2) is 7.55. The molecule has 1 amide bonds. The largest absolute Gasteiger partial charge is 0.459 e. The molecule has 0 spiro atoms. The molecule has 0 bridgehead atoms. The van der Waals surface area contributed by atoms with Gasteiger partial charge in [0, 0.05) is 31.5 Å². The lowest BCUT2D eigenvalue weighted by molar-refractivity contribution is -0.124. The first-order chi connectivity index (χ1) is 13.8. The van der Waals surface area contributed by atoms with Crippen molar-refractivity contribution in [2.24, 2.45) is 0 Å². The summed E-state index contributed by atoms with van der Waals surface area (Å²) in [6, 6.07) is 10.6. The third-order valence-electron chi connectivity index (χ3n) is 5.37. The van der Waals surface area contributed by atoms with Gasteiger partial charge >= 0.3 is 0 Å². The minimum absolute atomic E-state index is 0.165. The number of halogens is 1. The highest BCUT2D eigenvalue weighted by Crippen LogP contribution is 2.36. The molecule has 2 aromatic carbocycles. The third-order valence-corrected chi connectivity index (χ3v) is 5.37. The first kappa shape index (κ1) is 19.5. The number of anilines is 3. The zero-order valence-electron chi connectivity index (χ0n) is 17.1. The lowest BCUT2D eigenvalue weighted by Gasteiger charge is -2.37. The average Bonchev–Trinajstić information content (AvgIpc) is 2.66. The molecule has 29 heavy (non-hydrogen) atoms. The third kappa shape index (κ3) is 3.74. The van der Waals surface area contributed by atoms with Gasteiger partial charge in [0.25, 0.3) is 5.91 Å². The molecular formula is C22H26FN3O3.